The van der Waals surface area contributed by atoms with E-state index in [9.17, 15) is 0 Å². The number of aryl methyl sites for hydroxylation is 1. The molecule has 0 unspecified atom stereocenters. The van der Waals surface area contributed by atoms with Crippen molar-refractivity contribution in [1.82, 2.24) is 4.98 Å². The molecule has 0 aliphatic rings. The minimum atomic E-state index is 0.632. The van der Waals surface area contributed by atoms with E-state index in [4.69, 9.17) is 5.26 Å². The van der Waals surface area contributed by atoms with E-state index >= 15 is 0 Å². The third-order valence-electron chi connectivity index (χ3n) is 2.15. The highest BCUT2D eigenvalue weighted by atomic mass is 79.9. The number of anilines is 1. The van der Waals surface area contributed by atoms with Crippen molar-refractivity contribution in [2.45, 2.75) is 13.5 Å². The van der Waals surface area contributed by atoms with Gasteiger partial charge in [0.2, 0.25) is 0 Å². The van der Waals surface area contributed by atoms with Gasteiger partial charge in [0.1, 0.15) is 5.82 Å². The maximum absolute atomic E-state index is 8.87. The van der Waals surface area contributed by atoms with Crippen LogP contribution in [0.15, 0.2) is 28.1 Å². The fraction of sp³-hybridized carbons (Fsp3) is 0.167. The van der Waals surface area contributed by atoms with Crippen molar-refractivity contribution in [3.63, 3.8) is 0 Å². The first-order valence-corrected chi connectivity index (χ1v) is 6.70. The first kappa shape index (κ1) is 12.1. The molecule has 86 valence electrons. The molecule has 0 aliphatic carbocycles. The van der Waals surface area contributed by atoms with E-state index in [1.165, 1.54) is 4.88 Å². The molecule has 0 saturated heterocycles. The van der Waals surface area contributed by atoms with E-state index in [0.717, 1.165) is 22.5 Å². The SMILES string of the molecule is Cc1cc(C#N)cc(NCc2cc(Br)cs2)n1. The number of pyridine rings is 1. The van der Waals surface area contributed by atoms with E-state index in [-0.39, 0.29) is 0 Å². The van der Waals surface area contributed by atoms with Crippen molar-refractivity contribution >= 4 is 33.1 Å². The highest BCUT2D eigenvalue weighted by Crippen LogP contribution is 2.20. The lowest BCUT2D eigenvalue weighted by Gasteiger charge is -2.05. The Hall–Kier alpha value is -1.38. The van der Waals surface area contributed by atoms with Gasteiger partial charge in [-0.15, -0.1) is 11.3 Å². The molecule has 1 N–H and O–H groups in total. The van der Waals surface area contributed by atoms with Gasteiger partial charge < -0.3 is 5.32 Å². The largest absolute Gasteiger partial charge is 0.365 e. The molecule has 0 spiro atoms. The molecule has 0 aromatic carbocycles. The molecule has 0 fully saturated rings. The molecule has 2 aromatic rings. The number of hydrogen-bond acceptors (Lipinski definition) is 4. The minimum absolute atomic E-state index is 0.632. The standard InChI is InChI=1S/C12H10BrN3S/c1-8-2-9(5-14)3-12(16-8)15-6-11-4-10(13)7-17-11/h2-4,7H,6H2,1H3,(H,15,16). The van der Waals surface area contributed by atoms with E-state index < -0.39 is 0 Å². The van der Waals surface area contributed by atoms with E-state index in [0.29, 0.717) is 5.56 Å². The zero-order chi connectivity index (χ0) is 12.3. The number of thiophene rings is 1. The first-order chi connectivity index (χ1) is 8.17. The van der Waals surface area contributed by atoms with Crippen LogP contribution in [0.1, 0.15) is 16.1 Å². The van der Waals surface area contributed by atoms with Crippen LogP contribution in [0.4, 0.5) is 5.82 Å². The van der Waals surface area contributed by atoms with Gasteiger partial charge in [0.25, 0.3) is 0 Å². The Morgan fingerprint density at radius 1 is 1.47 bits per heavy atom. The Bertz CT molecular complexity index is 571. The van der Waals surface area contributed by atoms with Crippen LogP contribution < -0.4 is 5.32 Å². The molecule has 2 aromatic heterocycles. The predicted octanol–water partition coefficient (Wildman–Crippen LogP) is 3.70. The summed E-state index contributed by atoms with van der Waals surface area (Å²) >= 11 is 5.10. The quantitative estimate of drug-likeness (QED) is 0.940. The number of rotatable bonds is 3. The summed E-state index contributed by atoms with van der Waals surface area (Å²) in [5, 5.41) is 14.1. The summed E-state index contributed by atoms with van der Waals surface area (Å²) in [7, 11) is 0. The summed E-state index contributed by atoms with van der Waals surface area (Å²) < 4.78 is 1.09. The molecule has 0 atom stereocenters. The number of aromatic nitrogens is 1. The Labute approximate surface area is 112 Å². The maximum Gasteiger partial charge on any atom is 0.127 e. The molecule has 5 heteroatoms. The van der Waals surface area contributed by atoms with Gasteiger partial charge in [-0.05, 0) is 41.1 Å². The summed E-state index contributed by atoms with van der Waals surface area (Å²) in [6.07, 6.45) is 0. The highest BCUT2D eigenvalue weighted by molar-refractivity contribution is 9.10. The van der Waals surface area contributed by atoms with Crippen molar-refractivity contribution in [2.75, 3.05) is 5.32 Å². The molecule has 2 rings (SSSR count). The number of nitrogens with zero attached hydrogens (tertiary/aromatic N) is 2. The fourth-order valence-corrected chi connectivity index (χ4v) is 2.84. The monoisotopic (exact) mass is 307 g/mol. The molecule has 17 heavy (non-hydrogen) atoms. The number of halogens is 1. The summed E-state index contributed by atoms with van der Waals surface area (Å²) in [5.74, 6) is 0.742. The lowest BCUT2D eigenvalue weighted by molar-refractivity contribution is 1.11. The second kappa shape index (κ2) is 5.30. The van der Waals surface area contributed by atoms with Gasteiger partial charge in [0.15, 0.2) is 0 Å². The zero-order valence-corrected chi connectivity index (χ0v) is 11.6. The Kier molecular flexibility index (Phi) is 3.77. The molecule has 0 amide bonds. The van der Waals surface area contributed by atoms with Crippen molar-refractivity contribution in [1.29, 1.82) is 5.26 Å². The first-order valence-electron chi connectivity index (χ1n) is 5.03. The number of nitriles is 1. The minimum Gasteiger partial charge on any atom is -0.365 e. The van der Waals surface area contributed by atoms with Crippen LogP contribution in [0.2, 0.25) is 0 Å². The van der Waals surface area contributed by atoms with Gasteiger partial charge in [0, 0.05) is 20.4 Å². The summed E-state index contributed by atoms with van der Waals surface area (Å²) in [5.41, 5.74) is 1.48. The third kappa shape index (κ3) is 3.29. The van der Waals surface area contributed by atoms with Gasteiger partial charge in [0.05, 0.1) is 18.2 Å². The average Bonchev–Trinajstić information content (AvgIpc) is 2.72. The van der Waals surface area contributed by atoms with Crippen molar-refractivity contribution in [2.24, 2.45) is 0 Å². The van der Waals surface area contributed by atoms with E-state index in [1.54, 1.807) is 23.5 Å². The van der Waals surface area contributed by atoms with Gasteiger partial charge >= 0.3 is 0 Å². The maximum atomic E-state index is 8.87. The van der Waals surface area contributed by atoms with Crippen LogP contribution in [0.3, 0.4) is 0 Å². The van der Waals surface area contributed by atoms with Crippen molar-refractivity contribution in [3.8, 4) is 6.07 Å². The van der Waals surface area contributed by atoms with Gasteiger partial charge in [-0.1, -0.05) is 0 Å². The molecule has 0 saturated carbocycles. The summed E-state index contributed by atoms with van der Waals surface area (Å²) in [6.45, 7) is 2.60. The molecular weight excluding hydrogens is 298 g/mol. The van der Waals surface area contributed by atoms with E-state index in [1.807, 2.05) is 12.3 Å². The molecule has 0 bridgehead atoms. The van der Waals surface area contributed by atoms with Crippen molar-refractivity contribution in [3.05, 3.63) is 44.2 Å². The molecule has 3 nitrogen and oxygen atoms in total. The fourth-order valence-electron chi connectivity index (χ4n) is 1.45. The number of nitrogens with one attached hydrogen (secondary N) is 1. The zero-order valence-electron chi connectivity index (χ0n) is 9.20. The van der Waals surface area contributed by atoms with Gasteiger partial charge in [-0.25, -0.2) is 4.98 Å². The normalized spacial score (nSPS) is 9.94. The van der Waals surface area contributed by atoms with Gasteiger partial charge in [-0.3, -0.25) is 0 Å². The van der Waals surface area contributed by atoms with Gasteiger partial charge in [-0.2, -0.15) is 5.26 Å². The van der Waals surface area contributed by atoms with Crippen LogP contribution in [-0.4, -0.2) is 4.98 Å². The Morgan fingerprint density at radius 3 is 2.94 bits per heavy atom. The van der Waals surface area contributed by atoms with Crippen LogP contribution in [0, 0.1) is 18.3 Å². The van der Waals surface area contributed by atoms with Crippen LogP contribution in [-0.2, 0) is 6.54 Å². The highest BCUT2D eigenvalue weighted by Gasteiger charge is 2.01. The summed E-state index contributed by atoms with van der Waals surface area (Å²) in [6, 6.07) is 7.72. The molecule has 2 heterocycles. The Morgan fingerprint density at radius 2 is 2.29 bits per heavy atom. The van der Waals surface area contributed by atoms with Crippen LogP contribution >= 0.6 is 27.3 Å². The van der Waals surface area contributed by atoms with Crippen LogP contribution in [0.25, 0.3) is 0 Å². The Balaban J connectivity index is 2.09. The van der Waals surface area contributed by atoms with Crippen LogP contribution in [0.5, 0.6) is 0 Å². The molecular formula is C12H10BrN3S. The molecule has 0 aliphatic heterocycles. The van der Waals surface area contributed by atoms with Crippen molar-refractivity contribution < 1.29 is 0 Å². The lowest BCUT2D eigenvalue weighted by atomic mass is 10.2. The summed E-state index contributed by atoms with van der Waals surface area (Å²) in [4.78, 5) is 5.56. The lowest BCUT2D eigenvalue weighted by Crippen LogP contribution is -2.01. The number of hydrogen-bond donors (Lipinski definition) is 1. The second-order valence-electron chi connectivity index (χ2n) is 3.58. The smallest absolute Gasteiger partial charge is 0.127 e. The molecule has 0 radical (unpaired) electrons. The van der Waals surface area contributed by atoms with E-state index in [2.05, 4.69) is 38.4 Å². The predicted molar refractivity (Wildman–Crippen MR) is 73.0 cm³/mol. The average molecular weight is 308 g/mol. The second-order valence-corrected chi connectivity index (χ2v) is 5.49. The topological polar surface area (TPSA) is 48.7 Å². The third-order valence-corrected chi connectivity index (χ3v) is 3.85.